The zero-order chi connectivity index (χ0) is 22.0. The van der Waals surface area contributed by atoms with E-state index in [4.69, 9.17) is 4.98 Å². The third-order valence-electron chi connectivity index (χ3n) is 5.99. The third kappa shape index (κ3) is 4.31. The quantitative estimate of drug-likeness (QED) is 0.611. The van der Waals surface area contributed by atoms with Crippen LogP contribution >= 0.6 is 0 Å². The second-order valence-electron chi connectivity index (χ2n) is 7.75. The van der Waals surface area contributed by atoms with E-state index < -0.39 is 10.0 Å². The molecule has 0 radical (unpaired) electrons. The molecule has 3 heterocycles. The molecule has 8 heteroatoms. The topological polar surface area (TPSA) is 83.5 Å². The summed E-state index contributed by atoms with van der Waals surface area (Å²) in [5, 5.41) is 0.818. The summed E-state index contributed by atoms with van der Waals surface area (Å²) in [6.07, 6.45) is 4.67. The molecular formula is C23H26N4O3S. The molecule has 2 aromatic heterocycles. The van der Waals surface area contributed by atoms with Crippen LogP contribution in [0.15, 0.2) is 54.9 Å². The maximum absolute atomic E-state index is 13.5. The van der Waals surface area contributed by atoms with Gasteiger partial charge in [0.25, 0.3) is 5.91 Å². The second-order valence-corrected chi connectivity index (χ2v) is 10.1. The Bertz CT molecular complexity index is 1190. The summed E-state index contributed by atoms with van der Waals surface area (Å²) in [6, 6.07) is 13.2. The minimum atomic E-state index is -3.24. The lowest BCUT2D eigenvalue weighted by molar-refractivity contribution is 0.0688. The number of fused-ring (bicyclic) bond motifs is 1. The number of amides is 1. The fraction of sp³-hybridized carbons (Fsp3) is 0.348. The maximum atomic E-state index is 13.5. The highest BCUT2D eigenvalue weighted by Crippen LogP contribution is 2.27. The number of sulfonamides is 1. The van der Waals surface area contributed by atoms with Crippen LogP contribution in [0.1, 0.15) is 30.1 Å². The van der Waals surface area contributed by atoms with Crippen molar-refractivity contribution in [1.29, 1.82) is 0 Å². The van der Waals surface area contributed by atoms with E-state index >= 15 is 0 Å². The molecule has 1 aliphatic rings. The summed E-state index contributed by atoms with van der Waals surface area (Å²) in [6.45, 7) is 2.70. The molecule has 162 valence electrons. The van der Waals surface area contributed by atoms with Gasteiger partial charge in [0, 0.05) is 49.5 Å². The predicted molar refractivity (Wildman–Crippen MR) is 121 cm³/mol. The molecule has 0 bridgehead atoms. The number of carbonyl (C=O) groups excluding carboxylic acids is 1. The van der Waals surface area contributed by atoms with Gasteiger partial charge in [-0.2, -0.15) is 0 Å². The molecule has 0 atom stereocenters. The summed E-state index contributed by atoms with van der Waals surface area (Å²) in [5.74, 6) is 0.0389. The van der Waals surface area contributed by atoms with Crippen molar-refractivity contribution in [3.05, 3.63) is 60.4 Å². The fourth-order valence-corrected chi connectivity index (χ4v) is 5.13. The predicted octanol–water partition coefficient (Wildman–Crippen LogP) is 3.18. The highest BCUT2D eigenvalue weighted by Gasteiger charge is 2.31. The van der Waals surface area contributed by atoms with Crippen LogP contribution in [0.25, 0.3) is 22.2 Å². The Hall–Kier alpha value is -2.84. The molecular weight excluding hydrogens is 412 g/mol. The van der Waals surface area contributed by atoms with Crippen molar-refractivity contribution in [3.63, 3.8) is 0 Å². The lowest BCUT2D eigenvalue weighted by Crippen LogP contribution is -2.47. The summed E-state index contributed by atoms with van der Waals surface area (Å²) < 4.78 is 25.8. The van der Waals surface area contributed by atoms with Crippen molar-refractivity contribution in [2.24, 2.45) is 0 Å². The molecule has 1 fully saturated rings. The summed E-state index contributed by atoms with van der Waals surface area (Å²) in [4.78, 5) is 24.1. The Labute approximate surface area is 182 Å². The Morgan fingerprint density at radius 3 is 2.48 bits per heavy atom. The molecule has 3 aromatic rings. The monoisotopic (exact) mass is 438 g/mol. The van der Waals surface area contributed by atoms with E-state index in [9.17, 15) is 13.2 Å². The third-order valence-corrected chi connectivity index (χ3v) is 7.90. The van der Waals surface area contributed by atoms with Gasteiger partial charge in [-0.15, -0.1) is 0 Å². The van der Waals surface area contributed by atoms with Crippen molar-refractivity contribution in [2.45, 2.75) is 25.8 Å². The van der Waals surface area contributed by atoms with Crippen molar-refractivity contribution >= 4 is 26.8 Å². The van der Waals surface area contributed by atoms with Crippen LogP contribution in [0.4, 0.5) is 0 Å². The molecule has 0 aliphatic carbocycles. The Kier molecular flexibility index (Phi) is 6.02. The number of aromatic nitrogens is 2. The van der Waals surface area contributed by atoms with Gasteiger partial charge < -0.3 is 4.90 Å². The van der Waals surface area contributed by atoms with Crippen LogP contribution in [0, 0.1) is 0 Å². The molecule has 31 heavy (non-hydrogen) atoms. The number of benzene rings is 1. The van der Waals surface area contributed by atoms with Gasteiger partial charge in [0.1, 0.15) is 0 Å². The van der Waals surface area contributed by atoms with Gasteiger partial charge in [0.05, 0.1) is 22.5 Å². The van der Waals surface area contributed by atoms with E-state index in [1.165, 1.54) is 4.31 Å². The number of piperidine rings is 1. The van der Waals surface area contributed by atoms with E-state index in [1.54, 1.807) is 26.4 Å². The second kappa shape index (κ2) is 8.72. The summed E-state index contributed by atoms with van der Waals surface area (Å²) in [5.41, 5.74) is 3.02. The minimum absolute atomic E-state index is 0.0478. The largest absolute Gasteiger partial charge is 0.339 e. The molecule has 4 rings (SSSR count). The van der Waals surface area contributed by atoms with Crippen molar-refractivity contribution in [3.8, 4) is 11.3 Å². The van der Waals surface area contributed by atoms with Gasteiger partial charge in [-0.1, -0.05) is 18.2 Å². The highest BCUT2D eigenvalue weighted by atomic mass is 32.2. The number of nitrogens with zero attached hydrogens (tertiary/aromatic N) is 4. The van der Waals surface area contributed by atoms with Gasteiger partial charge in [-0.3, -0.25) is 9.78 Å². The highest BCUT2D eigenvalue weighted by molar-refractivity contribution is 7.89. The van der Waals surface area contributed by atoms with Gasteiger partial charge in [0.2, 0.25) is 10.0 Å². The zero-order valence-electron chi connectivity index (χ0n) is 17.7. The van der Waals surface area contributed by atoms with E-state index in [2.05, 4.69) is 4.98 Å². The maximum Gasteiger partial charge on any atom is 0.254 e. The van der Waals surface area contributed by atoms with Crippen molar-refractivity contribution < 1.29 is 13.2 Å². The normalized spacial score (nSPS) is 15.5. The number of pyridine rings is 2. The van der Waals surface area contributed by atoms with Gasteiger partial charge in [-0.05, 0) is 44.0 Å². The Morgan fingerprint density at radius 1 is 1.13 bits per heavy atom. The lowest BCUT2D eigenvalue weighted by atomic mass is 10.0. The van der Waals surface area contributed by atoms with Crippen LogP contribution in [0.3, 0.4) is 0 Å². The van der Waals surface area contributed by atoms with E-state index in [1.807, 2.05) is 47.4 Å². The lowest BCUT2D eigenvalue weighted by Gasteiger charge is -2.36. The van der Waals surface area contributed by atoms with Crippen molar-refractivity contribution in [2.75, 3.05) is 25.9 Å². The molecule has 1 aromatic carbocycles. The number of para-hydroxylation sites is 1. The first-order chi connectivity index (χ1) is 14.9. The van der Waals surface area contributed by atoms with Crippen LogP contribution in [-0.4, -0.2) is 65.4 Å². The van der Waals surface area contributed by atoms with Gasteiger partial charge in [-0.25, -0.2) is 17.7 Å². The first-order valence-electron chi connectivity index (χ1n) is 10.5. The molecule has 1 aliphatic heterocycles. The van der Waals surface area contributed by atoms with Crippen molar-refractivity contribution in [1.82, 2.24) is 19.2 Å². The van der Waals surface area contributed by atoms with E-state index in [0.29, 0.717) is 31.5 Å². The van der Waals surface area contributed by atoms with Crippen LogP contribution in [0.5, 0.6) is 0 Å². The smallest absolute Gasteiger partial charge is 0.254 e. The van der Waals surface area contributed by atoms with Crippen LogP contribution < -0.4 is 0 Å². The van der Waals surface area contributed by atoms with E-state index in [0.717, 1.165) is 22.2 Å². The molecule has 0 saturated carbocycles. The molecule has 7 nitrogen and oxygen atoms in total. The van der Waals surface area contributed by atoms with E-state index in [-0.39, 0.29) is 17.7 Å². The first-order valence-corrected chi connectivity index (χ1v) is 12.1. The summed E-state index contributed by atoms with van der Waals surface area (Å²) >= 11 is 0. The van der Waals surface area contributed by atoms with Gasteiger partial charge in [0.15, 0.2) is 0 Å². The molecule has 0 spiro atoms. The Morgan fingerprint density at radius 2 is 1.81 bits per heavy atom. The first kappa shape index (κ1) is 21.4. The SMILES string of the molecule is CCS(=O)(=O)N(C)C1CCN(C(=O)c2cc(-c3ccncc3)nc3ccccc23)CC1. The number of hydrogen-bond donors (Lipinski definition) is 0. The number of rotatable bonds is 5. The number of likely N-dealkylation sites (tertiary alicyclic amines) is 1. The molecule has 0 N–H and O–H groups in total. The summed E-state index contributed by atoms with van der Waals surface area (Å²) in [7, 11) is -1.60. The average Bonchev–Trinajstić information content (AvgIpc) is 2.83. The van der Waals surface area contributed by atoms with Crippen LogP contribution in [0.2, 0.25) is 0 Å². The molecule has 1 saturated heterocycles. The number of carbonyl (C=O) groups is 1. The minimum Gasteiger partial charge on any atom is -0.339 e. The molecule has 0 unspecified atom stereocenters. The molecule has 1 amide bonds. The standard InChI is InChI=1S/C23H26N4O3S/c1-3-31(29,30)26(2)18-10-14-27(15-11-18)23(28)20-16-22(17-8-12-24-13-9-17)25-21-7-5-4-6-19(20)21/h4-9,12-13,16,18H,3,10-11,14-15H2,1-2H3. The van der Waals surface area contributed by atoms with Crippen LogP contribution in [-0.2, 0) is 10.0 Å². The number of hydrogen-bond acceptors (Lipinski definition) is 5. The fourth-order valence-electron chi connectivity index (χ4n) is 4.06. The average molecular weight is 439 g/mol. The zero-order valence-corrected chi connectivity index (χ0v) is 18.5. The van der Waals surface area contributed by atoms with Gasteiger partial charge >= 0.3 is 0 Å². The Balaban J connectivity index is 1.61.